The summed E-state index contributed by atoms with van der Waals surface area (Å²) >= 11 is 3.47. The Morgan fingerprint density at radius 1 is 1.28 bits per heavy atom. The largest absolute Gasteiger partial charge is 0.398 e. The van der Waals surface area contributed by atoms with Gasteiger partial charge in [0.1, 0.15) is 0 Å². The number of thioether (sulfide) groups is 1. The molecule has 0 spiro atoms. The SMILES string of the molecule is CSc1ccc(C(C)NCc2sccc2N)cc1. The van der Waals surface area contributed by atoms with Crippen molar-refractivity contribution in [3.63, 3.8) is 0 Å². The average molecular weight is 278 g/mol. The molecule has 0 radical (unpaired) electrons. The first-order chi connectivity index (χ1) is 8.70. The molecule has 1 aromatic carbocycles. The molecular formula is C14H18N2S2. The fourth-order valence-corrected chi connectivity index (χ4v) is 2.91. The van der Waals surface area contributed by atoms with E-state index in [1.54, 1.807) is 23.1 Å². The molecule has 1 unspecified atom stereocenters. The molecule has 1 heterocycles. The molecule has 2 aromatic rings. The zero-order valence-electron chi connectivity index (χ0n) is 10.6. The zero-order chi connectivity index (χ0) is 13.0. The lowest BCUT2D eigenvalue weighted by atomic mass is 10.1. The van der Waals surface area contributed by atoms with Crippen molar-refractivity contribution in [1.82, 2.24) is 5.32 Å². The van der Waals surface area contributed by atoms with Crippen LogP contribution < -0.4 is 11.1 Å². The van der Waals surface area contributed by atoms with Gasteiger partial charge in [0.15, 0.2) is 0 Å². The highest BCUT2D eigenvalue weighted by molar-refractivity contribution is 7.98. The standard InChI is InChI=1S/C14H18N2S2/c1-10(11-3-5-12(17-2)6-4-11)16-9-14-13(15)7-8-18-14/h3-8,10,16H,9,15H2,1-2H3. The van der Waals surface area contributed by atoms with Crippen molar-refractivity contribution in [2.45, 2.75) is 24.4 Å². The third-order valence-corrected chi connectivity index (χ3v) is 4.64. The van der Waals surface area contributed by atoms with Gasteiger partial charge in [-0.15, -0.1) is 23.1 Å². The second-order valence-electron chi connectivity index (χ2n) is 4.17. The summed E-state index contributed by atoms with van der Waals surface area (Å²) < 4.78 is 0. The Bertz CT molecular complexity index is 491. The third kappa shape index (κ3) is 3.28. The predicted octanol–water partition coefficient (Wildman–Crippen LogP) is 3.90. The molecule has 1 aromatic heterocycles. The number of thiophene rings is 1. The Balaban J connectivity index is 1.94. The van der Waals surface area contributed by atoms with E-state index < -0.39 is 0 Å². The van der Waals surface area contributed by atoms with Crippen LogP contribution >= 0.6 is 23.1 Å². The summed E-state index contributed by atoms with van der Waals surface area (Å²) in [6, 6.07) is 11.0. The monoisotopic (exact) mass is 278 g/mol. The van der Waals surface area contributed by atoms with Gasteiger partial charge in [-0.2, -0.15) is 0 Å². The van der Waals surface area contributed by atoms with E-state index in [4.69, 9.17) is 5.73 Å². The van der Waals surface area contributed by atoms with Crippen LogP contribution in [0.25, 0.3) is 0 Å². The summed E-state index contributed by atoms with van der Waals surface area (Å²) in [5, 5.41) is 5.54. The molecule has 0 aliphatic carbocycles. The molecule has 4 heteroatoms. The fourth-order valence-electron chi connectivity index (χ4n) is 1.75. The smallest absolute Gasteiger partial charge is 0.0468 e. The second kappa shape index (κ2) is 6.27. The molecule has 2 rings (SSSR count). The van der Waals surface area contributed by atoms with Crippen molar-refractivity contribution < 1.29 is 0 Å². The normalized spacial score (nSPS) is 12.6. The molecule has 96 valence electrons. The maximum atomic E-state index is 5.87. The maximum Gasteiger partial charge on any atom is 0.0468 e. The molecule has 0 bridgehead atoms. The second-order valence-corrected chi connectivity index (χ2v) is 6.06. The zero-order valence-corrected chi connectivity index (χ0v) is 12.3. The lowest BCUT2D eigenvalue weighted by molar-refractivity contribution is 0.579. The minimum atomic E-state index is 0.336. The summed E-state index contributed by atoms with van der Waals surface area (Å²) in [6.45, 7) is 3.01. The Hall–Kier alpha value is -0.970. The van der Waals surface area contributed by atoms with E-state index in [0.29, 0.717) is 6.04 Å². The van der Waals surface area contributed by atoms with Crippen LogP contribution in [-0.2, 0) is 6.54 Å². The van der Waals surface area contributed by atoms with E-state index >= 15 is 0 Å². The molecule has 0 saturated heterocycles. The highest BCUT2D eigenvalue weighted by Gasteiger charge is 2.06. The van der Waals surface area contributed by atoms with Crippen molar-refractivity contribution in [2.24, 2.45) is 0 Å². The van der Waals surface area contributed by atoms with Gasteiger partial charge < -0.3 is 11.1 Å². The summed E-state index contributed by atoms with van der Waals surface area (Å²) in [7, 11) is 0. The van der Waals surface area contributed by atoms with Gasteiger partial charge in [0, 0.05) is 28.0 Å². The Labute approximate surface area is 117 Å². The molecule has 1 atom stereocenters. The Morgan fingerprint density at radius 3 is 2.56 bits per heavy atom. The Morgan fingerprint density at radius 2 is 2.00 bits per heavy atom. The minimum absolute atomic E-state index is 0.336. The number of nitrogens with two attached hydrogens (primary N) is 1. The molecule has 0 aliphatic heterocycles. The van der Waals surface area contributed by atoms with E-state index in [1.807, 2.05) is 11.4 Å². The van der Waals surface area contributed by atoms with Gasteiger partial charge in [0.2, 0.25) is 0 Å². The molecule has 0 aliphatic rings. The summed E-state index contributed by atoms with van der Waals surface area (Å²) in [6.07, 6.45) is 2.09. The van der Waals surface area contributed by atoms with Gasteiger partial charge in [-0.3, -0.25) is 0 Å². The quantitative estimate of drug-likeness (QED) is 0.815. The van der Waals surface area contributed by atoms with Crippen LogP contribution in [-0.4, -0.2) is 6.26 Å². The van der Waals surface area contributed by atoms with Crippen molar-refractivity contribution in [1.29, 1.82) is 0 Å². The highest BCUT2D eigenvalue weighted by Crippen LogP contribution is 2.22. The van der Waals surface area contributed by atoms with Crippen molar-refractivity contribution in [3.05, 3.63) is 46.2 Å². The number of rotatable bonds is 5. The van der Waals surface area contributed by atoms with E-state index in [0.717, 1.165) is 12.2 Å². The minimum Gasteiger partial charge on any atom is -0.398 e. The van der Waals surface area contributed by atoms with Crippen molar-refractivity contribution in [3.8, 4) is 0 Å². The summed E-state index contributed by atoms with van der Waals surface area (Å²) in [5.41, 5.74) is 8.07. The van der Waals surface area contributed by atoms with Crippen LogP contribution in [0.2, 0.25) is 0 Å². The van der Waals surface area contributed by atoms with Crippen LogP contribution in [0.5, 0.6) is 0 Å². The lowest BCUT2D eigenvalue weighted by Gasteiger charge is -2.14. The topological polar surface area (TPSA) is 38.0 Å². The maximum absolute atomic E-state index is 5.87. The van der Waals surface area contributed by atoms with Crippen molar-refractivity contribution >= 4 is 28.8 Å². The molecular weight excluding hydrogens is 260 g/mol. The van der Waals surface area contributed by atoms with Gasteiger partial charge in [-0.25, -0.2) is 0 Å². The average Bonchev–Trinajstić information content (AvgIpc) is 2.81. The summed E-state index contributed by atoms with van der Waals surface area (Å²) in [5.74, 6) is 0. The van der Waals surface area contributed by atoms with E-state index in [2.05, 4.69) is 42.8 Å². The number of nitrogen functional groups attached to an aromatic ring is 1. The first kappa shape index (κ1) is 13.5. The molecule has 0 amide bonds. The molecule has 0 saturated carbocycles. The van der Waals surface area contributed by atoms with Crippen LogP contribution in [0.1, 0.15) is 23.4 Å². The van der Waals surface area contributed by atoms with Gasteiger partial charge in [-0.1, -0.05) is 12.1 Å². The Kier molecular flexibility index (Phi) is 4.69. The first-order valence-electron chi connectivity index (χ1n) is 5.90. The van der Waals surface area contributed by atoms with Crippen LogP contribution in [0, 0.1) is 0 Å². The van der Waals surface area contributed by atoms with E-state index in [1.165, 1.54) is 15.3 Å². The first-order valence-corrected chi connectivity index (χ1v) is 8.00. The van der Waals surface area contributed by atoms with Gasteiger partial charge in [-0.05, 0) is 42.3 Å². The molecule has 0 fully saturated rings. The van der Waals surface area contributed by atoms with E-state index in [-0.39, 0.29) is 0 Å². The number of benzene rings is 1. The molecule has 18 heavy (non-hydrogen) atoms. The third-order valence-electron chi connectivity index (χ3n) is 2.96. The van der Waals surface area contributed by atoms with E-state index in [9.17, 15) is 0 Å². The molecule has 3 N–H and O–H groups in total. The fraction of sp³-hybridized carbons (Fsp3) is 0.286. The molecule has 2 nitrogen and oxygen atoms in total. The van der Waals surface area contributed by atoms with Crippen LogP contribution in [0.15, 0.2) is 40.6 Å². The number of hydrogen-bond donors (Lipinski definition) is 2. The van der Waals surface area contributed by atoms with Crippen LogP contribution in [0.4, 0.5) is 5.69 Å². The number of anilines is 1. The predicted molar refractivity (Wildman–Crippen MR) is 82.2 cm³/mol. The van der Waals surface area contributed by atoms with Gasteiger partial charge in [0.25, 0.3) is 0 Å². The van der Waals surface area contributed by atoms with Gasteiger partial charge >= 0.3 is 0 Å². The summed E-state index contributed by atoms with van der Waals surface area (Å²) in [4.78, 5) is 2.51. The number of hydrogen-bond acceptors (Lipinski definition) is 4. The number of nitrogens with one attached hydrogen (secondary N) is 1. The highest BCUT2D eigenvalue weighted by atomic mass is 32.2. The van der Waals surface area contributed by atoms with Crippen molar-refractivity contribution in [2.75, 3.05) is 12.0 Å². The van der Waals surface area contributed by atoms with Crippen LogP contribution in [0.3, 0.4) is 0 Å². The van der Waals surface area contributed by atoms with Gasteiger partial charge in [0.05, 0.1) is 0 Å². The lowest BCUT2D eigenvalue weighted by Crippen LogP contribution is -2.17.